The van der Waals surface area contributed by atoms with Gasteiger partial charge in [0, 0.05) is 20.3 Å². The van der Waals surface area contributed by atoms with Gasteiger partial charge in [-0.15, -0.1) is 0 Å². The number of aromatic carboxylic acids is 1. The molecular formula is C14H20ClNO4. The summed E-state index contributed by atoms with van der Waals surface area (Å²) in [7, 11) is 1.64. The van der Waals surface area contributed by atoms with Gasteiger partial charge in [0.15, 0.2) is 0 Å². The summed E-state index contributed by atoms with van der Waals surface area (Å²) in [5.74, 6) is -1.03. The summed E-state index contributed by atoms with van der Waals surface area (Å²) >= 11 is 5.88. The van der Waals surface area contributed by atoms with Gasteiger partial charge in [-0.25, -0.2) is 4.79 Å². The summed E-state index contributed by atoms with van der Waals surface area (Å²) in [5.41, 5.74) is 0.663. The Morgan fingerprint density at radius 1 is 1.30 bits per heavy atom. The molecule has 1 aromatic carbocycles. The Bertz CT molecular complexity index is 426. The van der Waals surface area contributed by atoms with Crippen molar-refractivity contribution in [1.82, 2.24) is 0 Å². The minimum atomic E-state index is -1.03. The predicted octanol–water partition coefficient (Wildman–Crippen LogP) is 2.89. The van der Waals surface area contributed by atoms with E-state index in [9.17, 15) is 4.79 Å². The van der Waals surface area contributed by atoms with E-state index in [1.807, 2.05) is 0 Å². The zero-order valence-corrected chi connectivity index (χ0v) is 12.3. The van der Waals surface area contributed by atoms with Crippen LogP contribution in [0.1, 0.15) is 23.2 Å². The minimum absolute atomic E-state index is 0.116. The Hall–Kier alpha value is -1.30. The van der Waals surface area contributed by atoms with Crippen LogP contribution in [0.25, 0.3) is 0 Å². The number of carbonyl (C=O) groups is 1. The topological polar surface area (TPSA) is 67.8 Å². The quantitative estimate of drug-likeness (QED) is 0.650. The molecule has 0 spiro atoms. The summed E-state index contributed by atoms with van der Waals surface area (Å²) in [6.45, 7) is 2.55. The summed E-state index contributed by atoms with van der Waals surface area (Å²) in [4.78, 5) is 11.1. The van der Waals surface area contributed by atoms with Crippen LogP contribution in [0, 0.1) is 0 Å². The molecule has 0 aliphatic heterocycles. The molecule has 0 radical (unpaired) electrons. The van der Waals surface area contributed by atoms with Crippen molar-refractivity contribution in [3.63, 3.8) is 0 Å². The van der Waals surface area contributed by atoms with Crippen LogP contribution in [0.15, 0.2) is 18.2 Å². The highest BCUT2D eigenvalue weighted by atomic mass is 35.5. The van der Waals surface area contributed by atoms with Crippen molar-refractivity contribution in [2.45, 2.75) is 12.8 Å². The molecule has 0 unspecified atom stereocenters. The van der Waals surface area contributed by atoms with E-state index in [2.05, 4.69) is 5.32 Å². The van der Waals surface area contributed by atoms with Crippen molar-refractivity contribution in [2.24, 2.45) is 0 Å². The smallest absolute Gasteiger partial charge is 0.339 e. The maximum atomic E-state index is 11.1. The average molecular weight is 302 g/mol. The van der Waals surface area contributed by atoms with Gasteiger partial charge in [-0.1, -0.05) is 17.7 Å². The first-order valence-electron chi connectivity index (χ1n) is 6.49. The van der Waals surface area contributed by atoms with Crippen LogP contribution in [0.2, 0.25) is 5.02 Å². The first kappa shape index (κ1) is 16.8. The van der Waals surface area contributed by atoms with E-state index in [1.54, 1.807) is 25.3 Å². The lowest BCUT2D eigenvalue weighted by atomic mass is 10.1. The average Bonchev–Trinajstić information content (AvgIpc) is 2.41. The van der Waals surface area contributed by atoms with Crippen molar-refractivity contribution < 1.29 is 19.4 Å². The molecule has 1 rings (SSSR count). The number of methoxy groups -OCH3 is 1. The number of hydrogen-bond donors (Lipinski definition) is 2. The third kappa shape index (κ3) is 5.77. The Morgan fingerprint density at radius 3 is 2.80 bits per heavy atom. The van der Waals surface area contributed by atoms with Crippen molar-refractivity contribution >= 4 is 23.3 Å². The maximum absolute atomic E-state index is 11.1. The molecule has 0 atom stereocenters. The van der Waals surface area contributed by atoms with E-state index in [-0.39, 0.29) is 10.6 Å². The van der Waals surface area contributed by atoms with E-state index in [1.165, 1.54) is 0 Å². The van der Waals surface area contributed by atoms with Gasteiger partial charge in [-0.05, 0) is 25.0 Å². The highest BCUT2D eigenvalue weighted by Gasteiger charge is 2.13. The van der Waals surface area contributed by atoms with E-state index in [0.717, 1.165) is 12.8 Å². The van der Waals surface area contributed by atoms with E-state index in [4.69, 9.17) is 26.2 Å². The predicted molar refractivity (Wildman–Crippen MR) is 78.8 cm³/mol. The molecule has 0 fully saturated rings. The van der Waals surface area contributed by atoms with Crippen LogP contribution in [-0.2, 0) is 9.47 Å². The number of anilines is 1. The zero-order valence-electron chi connectivity index (χ0n) is 11.5. The van der Waals surface area contributed by atoms with Crippen LogP contribution in [0.5, 0.6) is 0 Å². The fourth-order valence-electron chi connectivity index (χ4n) is 1.69. The number of benzene rings is 1. The Morgan fingerprint density at radius 2 is 2.10 bits per heavy atom. The number of ether oxygens (including phenoxy) is 2. The largest absolute Gasteiger partial charge is 0.478 e. The molecule has 0 aromatic heterocycles. The molecule has 20 heavy (non-hydrogen) atoms. The number of carboxylic acid groups (broad SMARTS) is 1. The normalized spacial score (nSPS) is 10.5. The van der Waals surface area contributed by atoms with Crippen molar-refractivity contribution in [3.05, 3.63) is 28.8 Å². The van der Waals surface area contributed by atoms with Crippen LogP contribution in [-0.4, -0.2) is 44.6 Å². The molecule has 0 aliphatic carbocycles. The van der Waals surface area contributed by atoms with E-state index >= 15 is 0 Å². The fraction of sp³-hybridized carbons (Fsp3) is 0.500. The first-order chi connectivity index (χ1) is 9.66. The van der Waals surface area contributed by atoms with Gasteiger partial charge in [0.05, 0.1) is 23.9 Å². The molecule has 0 saturated carbocycles. The SMILES string of the molecule is COCCOCCCCNc1cccc(Cl)c1C(=O)O. The summed E-state index contributed by atoms with van der Waals surface area (Å²) in [6, 6.07) is 5.01. The number of rotatable bonds is 10. The minimum Gasteiger partial charge on any atom is -0.478 e. The van der Waals surface area contributed by atoms with Crippen molar-refractivity contribution in [2.75, 3.05) is 38.8 Å². The third-order valence-corrected chi connectivity index (χ3v) is 3.01. The Labute approximate surface area is 123 Å². The van der Waals surface area contributed by atoms with Crippen LogP contribution in [0.4, 0.5) is 5.69 Å². The molecule has 0 bridgehead atoms. The molecule has 0 amide bonds. The monoisotopic (exact) mass is 301 g/mol. The molecule has 1 aromatic rings. The second-order valence-corrected chi connectivity index (χ2v) is 4.61. The zero-order chi connectivity index (χ0) is 14.8. The summed E-state index contributed by atoms with van der Waals surface area (Å²) < 4.78 is 10.2. The standard InChI is InChI=1S/C14H20ClNO4/c1-19-9-10-20-8-3-2-7-16-12-6-4-5-11(15)13(12)14(17)18/h4-6,16H,2-3,7-10H2,1H3,(H,17,18). The van der Waals surface area contributed by atoms with Crippen LogP contribution >= 0.6 is 11.6 Å². The lowest BCUT2D eigenvalue weighted by molar-refractivity contribution is 0.0690. The third-order valence-electron chi connectivity index (χ3n) is 2.69. The van der Waals surface area contributed by atoms with Gasteiger partial charge >= 0.3 is 5.97 Å². The molecule has 0 saturated heterocycles. The lowest BCUT2D eigenvalue weighted by Gasteiger charge is -2.10. The molecule has 2 N–H and O–H groups in total. The van der Waals surface area contributed by atoms with Gasteiger partial charge in [-0.3, -0.25) is 0 Å². The van der Waals surface area contributed by atoms with Crippen LogP contribution < -0.4 is 5.32 Å². The number of halogens is 1. The van der Waals surface area contributed by atoms with E-state index < -0.39 is 5.97 Å². The molecular weight excluding hydrogens is 282 g/mol. The molecule has 112 valence electrons. The maximum Gasteiger partial charge on any atom is 0.339 e. The number of nitrogens with one attached hydrogen (secondary N) is 1. The second-order valence-electron chi connectivity index (χ2n) is 4.21. The van der Waals surface area contributed by atoms with Crippen molar-refractivity contribution in [1.29, 1.82) is 0 Å². The van der Waals surface area contributed by atoms with Crippen molar-refractivity contribution in [3.8, 4) is 0 Å². The lowest BCUT2D eigenvalue weighted by Crippen LogP contribution is -2.09. The molecule has 5 nitrogen and oxygen atoms in total. The van der Waals surface area contributed by atoms with E-state index in [0.29, 0.717) is 32.1 Å². The summed E-state index contributed by atoms with van der Waals surface area (Å²) in [6.07, 6.45) is 1.79. The molecule has 0 aliphatic rings. The van der Waals surface area contributed by atoms with Crippen LogP contribution in [0.3, 0.4) is 0 Å². The van der Waals surface area contributed by atoms with Gasteiger partial charge in [0.1, 0.15) is 5.56 Å². The Balaban J connectivity index is 2.29. The highest BCUT2D eigenvalue weighted by Crippen LogP contribution is 2.24. The number of unbranched alkanes of at least 4 members (excludes halogenated alkanes) is 1. The van der Waals surface area contributed by atoms with Gasteiger partial charge in [0.25, 0.3) is 0 Å². The molecule has 6 heteroatoms. The van der Waals surface area contributed by atoms with Gasteiger partial charge in [-0.2, -0.15) is 0 Å². The number of carboxylic acids is 1. The highest BCUT2D eigenvalue weighted by molar-refractivity contribution is 6.34. The first-order valence-corrected chi connectivity index (χ1v) is 6.87. The fourth-order valence-corrected chi connectivity index (χ4v) is 1.94. The second kappa shape index (κ2) is 9.58. The van der Waals surface area contributed by atoms with Gasteiger partial charge < -0.3 is 19.9 Å². The summed E-state index contributed by atoms with van der Waals surface area (Å²) in [5, 5.41) is 12.4. The Kier molecular flexibility index (Phi) is 8.02. The number of hydrogen-bond acceptors (Lipinski definition) is 4. The molecule has 0 heterocycles. The van der Waals surface area contributed by atoms with Gasteiger partial charge in [0.2, 0.25) is 0 Å².